The monoisotopic (exact) mass is 204 g/mol. The summed E-state index contributed by atoms with van der Waals surface area (Å²) >= 11 is 2.99. The van der Waals surface area contributed by atoms with Crippen LogP contribution in [0.5, 0.6) is 5.75 Å². The zero-order chi connectivity index (χ0) is 7.72. The van der Waals surface area contributed by atoms with E-state index >= 15 is 0 Å². The van der Waals surface area contributed by atoms with Crippen molar-refractivity contribution in [1.82, 2.24) is 0 Å². The third-order valence-electron chi connectivity index (χ3n) is 1.26. The Balaban J connectivity index is 3.34. The summed E-state index contributed by atoms with van der Waals surface area (Å²) in [5.41, 5.74) is 0.773. The maximum atomic E-state index is 12.7. The summed E-state index contributed by atoms with van der Waals surface area (Å²) in [7, 11) is 0. The van der Waals surface area contributed by atoms with Crippen molar-refractivity contribution in [2.24, 2.45) is 0 Å². The SMILES string of the molecule is Cc1ccc(O)c(F)c1Br. The highest BCUT2D eigenvalue weighted by atomic mass is 79.9. The maximum Gasteiger partial charge on any atom is 0.179 e. The summed E-state index contributed by atoms with van der Waals surface area (Å²) in [5.74, 6) is -0.919. The van der Waals surface area contributed by atoms with E-state index in [1.165, 1.54) is 6.07 Å². The molecule has 0 spiro atoms. The molecule has 0 aliphatic carbocycles. The van der Waals surface area contributed by atoms with Crippen molar-refractivity contribution in [2.45, 2.75) is 6.92 Å². The molecule has 3 heteroatoms. The average Bonchev–Trinajstić information content (AvgIpc) is 1.93. The fourth-order valence-electron chi connectivity index (χ4n) is 0.636. The first-order valence-electron chi connectivity index (χ1n) is 2.76. The smallest absolute Gasteiger partial charge is 0.179 e. The molecule has 0 fully saturated rings. The summed E-state index contributed by atoms with van der Waals surface area (Å²) in [6.45, 7) is 1.76. The van der Waals surface area contributed by atoms with Crippen molar-refractivity contribution >= 4 is 15.9 Å². The minimum Gasteiger partial charge on any atom is -0.505 e. The molecule has 1 aromatic rings. The van der Waals surface area contributed by atoms with Gasteiger partial charge in [0.2, 0.25) is 0 Å². The van der Waals surface area contributed by atoms with Crippen LogP contribution in [0.15, 0.2) is 16.6 Å². The largest absolute Gasteiger partial charge is 0.505 e. The molecular formula is C7H6BrFO. The molecule has 0 heterocycles. The number of aryl methyl sites for hydroxylation is 1. The minimum absolute atomic E-state index is 0.322. The number of hydrogen-bond acceptors (Lipinski definition) is 1. The van der Waals surface area contributed by atoms with E-state index in [2.05, 4.69) is 15.9 Å². The third kappa shape index (κ3) is 1.14. The van der Waals surface area contributed by atoms with E-state index in [1.54, 1.807) is 13.0 Å². The fraction of sp³-hybridized carbons (Fsp3) is 0.143. The molecule has 0 radical (unpaired) electrons. The van der Waals surface area contributed by atoms with Gasteiger partial charge in [0.25, 0.3) is 0 Å². The molecule has 10 heavy (non-hydrogen) atoms. The molecule has 0 unspecified atom stereocenters. The Hall–Kier alpha value is -0.570. The van der Waals surface area contributed by atoms with Crippen LogP contribution in [0.4, 0.5) is 4.39 Å². The Morgan fingerprint density at radius 1 is 1.50 bits per heavy atom. The highest BCUT2D eigenvalue weighted by Gasteiger charge is 2.05. The Kier molecular flexibility index (Phi) is 1.94. The van der Waals surface area contributed by atoms with Crippen LogP contribution in [0.3, 0.4) is 0 Å². The van der Waals surface area contributed by atoms with Crippen LogP contribution < -0.4 is 0 Å². The van der Waals surface area contributed by atoms with Crippen molar-refractivity contribution in [3.05, 3.63) is 28.0 Å². The molecular weight excluding hydrogens is 199 g/mol. The first-order chi connectivity index (χ1) is 4.63. The topological polar surface area (TPSA) is 20.2 Å². The van der Waals surface area contributed by atoms with Gasteiger partial charge in [0, 0.05) is 0 Å². The van der Waals surface area contributed by atoms with Crippen molar-refractivity contribution < 1.29 is 9.50 Å². The second kappa shape index (κ2) is 2.58. The van der Waals surface area contributed by atoms with Crippen LogP contribution in [0.1, 0.15) is 5.56 Å². The molecule has 0 saturated heterocycles. The number of halogens is 2. The molecule has 0 aromatic heterocycles. The van der Waals surface area contributed by atoms with Gasteiger partial charge in [-0.25, -0.2) is 4.39 Å². The Bertz CT molecular complexity index is 233. The van der Waals surface area contributed by atoms with Crippen molar-refractivity contribution in [3.8, 4) is 5.75 Å². The molecule has 0 saturated carbocycles. The van der Waals surface area contributed by atoms with Gasteiger partial charge in [0.15, 0.2) is 11.6 Å². The number of phenolic OH excluding ortho intramolecular Hbond substituents is 1. The van der Waals surface area contributed by atoms with Gasteiger partial charge in [-0.2, -0.15) is 0 Å². The van der Waals surface area contributed by atoms with Gasteiger partial charge in [-0.1, -0.05) is 6.07 Å². The third-order valence-corrected chi connectivity index (χ3v) is 2.23. The van der Waals surface area contributed by atoms with Gasteiger partial charge in [-0.05, 0) is 34.5 Å². The molecule has 0 bridgehead atoms. The van der Waals surface area contributed by atoms with E-state index in [4.69, 9.17) is 5.11 Å². The summed E-state index contributed by atoms with van der Waals surface area (Å²) in [5, 5.41) is 8.82. The summed E-state index contributed by atoms with van der Waals surface area (Å²) < 4.78 is 13.0. The van der Waals surface area contributed by atoms with Crippen LogP contribution in [-0.4, -0.2) is 5.11 Å². The average molecular weight is 205 g/mol. The van der Waals surface area contributed by atoms with Gasteiger partial charge in [0.1, 0.15) is 0 Å². The molecule has 1 N–H and O–H groups in total. The molecule has 0 aliphatic heterocycles. The van der Waals surface area contributed by atoms with E-state index in [0.29, 0.717) is 4.47 Å². The van der Waals surface area contributed by atoms with E-state index in [-0.39, 0.29) is 5.75 Å². The van der Waals surface area contributed by atoms with Crippen molar-refractivity contribution in [1.29, 1.82) is 0 Å². The lowest BCUT2D eigenvalue weighted by Crippen LogP contribution is -1.81. The Morgan fingerprint density at radius 3 is 2.60 bits per heavy atom. The summed E-state index contributed by atoms with van der Waals surface area (Å²) in [4.78, 5) is 0. The number of aromatic hydroxyl groups is 1. The van der Waals surface area contributed by atoms with Crippen LogP contribution in [0.2, 0.25) is 0 Å². The molecule has 1 nitrogen and oxygen atoms in total. The van der Waals surface area contributed by atoms with Crippen molar-refractivity contribution in [2.75, 3.05) is 0 Å². The quantitative estimate of drug-likeness (QED) is 0.690. The molecule has 1 aromatic carbocycles. The zero-order valence-electron chi connectivity index (χ0n) is 5.36. The van der Waals surface area contributed by atoms with E-state index in [1.807, 2.05) is 0 Å². The van der Waals surface area contributed by atoms with E-state index in [0.717, 1.165) is 5.56 Å². The van der Waals surface area contributed by atoms with E-state index in [9.17, 15) is 4.39 Å². The lowest BCUT2D eigenvalue weighted by Gasteiger charge is -1.99. The first kappa shape index (κ1) is 7.54. The Morgan fingerprint density at radius 2 is 2.10 bits per heavy atom. The number of phenols is 1. The Labute approximate surface area is 66.6 Å². The highest BCUT2D eigenvalue weighted by molar-refractivity contribution is 9.10. The van der Waals surface area contributed by atoms with E-state index < -0.39 is 5.82 Å². The molecule has 54 valence electrons. The number of benzene rings is 1. The van der Waals surface area contributed by atoms with Crippen LogP contribution in [0, 0.1) is 12.7 Å². The predicted molar refractivity (Wildman–Crippen MR) is 40.5 cm³/mol. The number of rotatable bonds is 0. The zero-order valence-corrected chi connectivity index (χ0v) is 6.94. The van der Waals surface area contributed by atoms with Crippen LogP contribution in [0.25, 0.3) is 0 Å². The predicted octanol–water partition coefficient (Wildman–Crippen LogP) is 2.60. The first-order valence-corrected chi connectivity index (χ1v) is 3.56. The fourth-order valence-corrected chi connectivity index (χ4v) is 0.971. The van der Waals surface area contributed by atoms with Gasteiger partial charge in [0.05, 0.1) is 4.47 Å². The van der Waals surface area contributed by atoms with Crippen molar-refractivity contribution in [3.63, 3.8) is 0 Å². The van der Waals surface area contributed by atoms with Gasteiger partial charge in [-0.3, -0.25) is 0 Å². The van der Waals surface area contributed by atoms with Crippen LogP contribution >= 0.6 is 15.9 Å². The lowest BCUT2D eigenvalue weighted by atomic mass is 10.2. The van der Waals surface area contributed by atoms with Gasteiger partial charge >= 0.3 is 0 Å². The summed E-state index contributed by atoms with van der Waals surface area (Å²) in [6, 6.07) is 2.97. The molecule has 0 atom stereocenters. The standard InChI is InChI=1S/C7H6BrFO/c1-4-2-3-5(10)7(9)6(4)8/h2-3,10H,1H3. The minimum atomic E-state index is -0.597. The lowest BCUT2D eigenvalue weighted by molar-refractivity contribution is 0.430. The second-order valence-corrected chi connectivity index (χ2v) is 2.82. The molecule has 1 rings (SSSR count). The molecule has 0 amide bonds. The second-order valence-electron chi connectivity index (χ2n) is 2.03. The van der Waals surface area contributed by atoms with Gasteiger partial charge < -0.3 is 5.11 Å². The molecule has 0 aliphatic rings. The highest BCUT2D eigenvalue weighted by Crippen LogP contribution is 2.26. The van der Waals surface area contributed by atoms with Gasteiger partial charge in [-0.15, -0.1) is 0 Å². The summed E-state index contributed by atoms with van der Waals surface area (Å²) in [6.07, 6.45) is 0. The van der Waals surface area contributed by atoms with Crippen LogP contribution in [-0.2, 0) is 0 Å². The number of hydrogen-bond donors (Lipinski definition) is 1. The maximum absolute atomic E-state index is 12.7. The normalized spacial score (nSPS) is 9.90.